The van der Waals surface area contributed by atoms with E-state index in [9.17, 15) is 8.78 Å². The fourth-order valence-electron chi connectivity index (χ4n) is 2.07. The lowest BCUT2D eigenvalue weighted by molar-refractivity contribution is 0.259. The van der Waals surface area contributed by atoms with Crippen molar-refractivity contribution < 1.29 is 23.0 Å². The number of nitrogens with two attached hydrogens (primary N) is 1. The Morgan fingerprint density at radius 2 is 1.58 bits per heavy atom. The van der Waals surface area contributed by atoms with Crippen LogP contribution in [-0.2, 0) is 0 Å². The summed E-state index contributed by atoms with van der Waals surface area (Å²) >= 11 is 0. The summed E-state index contributed by atoms with van der Waals surface area (Å²) in [7, 11) is 0. The number of rotatable bonds is 9. The molecule has 0 aliphatic heterocycles. The normalized spacial score (nSPS) is 10.5. The molecule has 0 heterocycles. The fraction of sp³-hybridized carbons (Fsp3) is 0.333. The number of hydrogen-bond donors (Lipinski definition) is 1. The van der Waals surface area contributed by atoms with Crippen molar-refractivity contribution >= 4 is 5.69 Å². The van der Waals surface area contributed by atoms with E-state index in [-0.39, 0.29) is 12.4 Å². The minimum Gasteiger partial charge on any atom is -0.494 e. The lowest BCUT2D eigenvalue weighted by Gasteiger charge is -2.11. The number of halogens is 2. The molecule has 0 aliphatic rings. The third kappa shape index (κ3) is 5.30. The first-order chi connectivity index (χ1) is 11.6. The van der Waals surface area contributed by atoms with Crippen LogP contribution < -0.4 is 19.9 Å². The zero-order valence-electron chi connectivity index (χ0n) is 13.6. The lowest BCUT2D eigenvalue weighted by Crippen LogP contribution is -2.05. The van der Waals surface area contributed by atoms with Gasteiger partial charge in [-0.05, 0) is 44.0 Å². The van der Waals surface area contributed by atoms with Gasteiger partial charge in [-0.3, -0.25) is 0 Å². The SMILES string of the molecule is CCOc1ccc(OCCCCOc2cc(F)ccc2F)c(N)c1. The van der Waals surface area contributed by atoms with Gasteiger partial charge in [0.1, 0.15) is 17.3 Å². The third-order valence-corrected chi connectivity index (χ3v) is 3.24. The minimum absolute atomic E-state index is 0.0772. The molecule has 0 radical (unpaired) electrons. The van der Waals surface area contributed by atoms with Gasteiger partial charge in [-0.2, -0.15) is 0 Å². The quantitative estimate of drug-likeness (QED) is 0.551. The molecule has 2 N–H and O–H groups in total. The highest BCUT2D eigenvalue weighted by molar-refractivity contribution is 5.56. The van der Waals surface area contributed by atoms with E-state index in [0.717, 1.165) is 18.2 Å². The van der Waals surface area contributed by atoms with Crippen molar-refractivity contribution in [2.24, 2.45) is 0 Å². The first-order valence-electron chi connectivity index (χ1n) is 7.83. The van der Waals surface area contributed by atoms with E-state index in [1.807, 2.05) is 6.92 Å². The van der Waals surface area contributed by atoms with Crippen LogP contribution in [0.25, 0.3) is 0 Å². The summed E-state index contributed by atoms with van der Waals surface area (Å²) in [5.74, 6) is 0.116. The second-order valence-electron chi connectivity index (χ2n) is 5.11. The van der Waals surface area contributed by atoms with Crippen molar-refractivity contribution in [3.8, 4) is 17.2 Å². The molecule has 0 aromatic heterocycles. The molecule has 4 nitrogen and oxygen atoms in total. The molecule has 0 spiro atoms. The zero-order valence-corrected chi connectivity index (χ0v) is 13.6. The van der Waals surface area contributed by atoms with Crippen LogP contribution in [0, 0.1) is 11.6 Å². The van der Waals surface area contributed by atoms with Crippen LogP contribution in [0.2, 0.25) is 0 Å². The van der Waals surface area contributed by atoms with Gasteiger partial charge in [-0.1, -0.05) is 0 Å². The first-order valence-corrected chi connectivity index (χ1v) is 7.83. The van der Waals surface area contributed by atoms with Gasteiger partial charge in [0.2, 0.25) is 0 Å². The molecule has 0 fully saturated rings. The molecule has 0 atom stereocenters. The molecule has 2 aromatic carbocycles. The predicted octanol–water partition coefficient (Wildman–Crippen LogP) is 4.18. The van der Waals surface area contributed by atoms with Gasteiger partial charge in [0.05, 0.1) is 25.5 Å². The zero-order chi connectivity index (χ0) is 17.4. The molecule has 24 heavy (non-hydrogen) atoms. The van der Waals surface area contributed by atoms with Crippen LogP contribution in [0.15, 0.2) is 36.4 Å². The van der Waals surface area contributed by atoms with Gasteiger partial charge in [-0.15, -0.1) is 0 Å². The minimum atomic E-state index is -0.574. The second-order valence-corrected chi connectivity index (χ2v) is 5.11. The maximum Gasteiger partial charge on any atom is 0.165 e. The largest absolute Gasteiger partial charge is 0.494 e. The lowest BCUT2D eigenvalue weighted by atomic mass is 10.2. The Morgan fingerprint density at radius 1 is 0.875 bits per heavy atom. The molecule has 2 aromatic rings. The molecular formula is C18H21F2NO3. The summed E-state index contributed by atoms with van der Waals surface area (Å²) in [6.07, 6.45) is 1.34. The predicted molar refractivity (Wildman–Crippen MR) is 88.6 cm³/mol. The molecule has 0 aliphatic carbocycles. The van der Waals surface area contributed by atoms with Crippen LogP contribution >= 0.6 is 0 Å². The van der Waals surface area contributed by atoms with Gasteiger partial charge < -0.3 is 19.9 Å². The Labute approximate surface area is 140 Å². The Morgan fingerprint density at radius 3 is 2.25 bits per heavy atom. The van der Waals surface area contributed by atoms with Crippen LogP contribution in [0.3, 0.4) is 0 Å². The van der Waals surface area contributed by atoms with Crippen molar-refractivity contribution in [3.05, 3.63) is 48.0 Å². The summed E-state index contributed by atoms with van der Waals surface area (Å²) in [4.78, 5) is 0. The van der Waals surface area contributed by atoms with E-state index in [2.05, 4.69) is 0 Å². The van der Waals surface area contributed by atoms with Crippen molar-refractivity contribution in [2.45, 2.75) is 19.8 Å². The number of ether oxygens (including phenoxy) is 3. The molecule has 130 valence electrons. The molecule has 0 saturated heterocycles. The van der Waals surface area contributed by atoms with Gasteiger partial charge in [0.25, 0.3) is 0 Å². The van der Waals surface area contributed by atoms with Gasteiger partial charge in [-0.25, -0.2) is 8.78 Å². The van der Waals surface area contributed by atoms with Crippen molar-refractivity contribution in [1.82, 2.24) is 0 Å². The van der Waals surface area contributed by atoms with Crippen LogP contribution in [-0.4, -0.2) is 19.8 Å². The van der Waals surface area contributed by atoms with Crippen LogP contribution in [0.1, 0.15) is 19.8 Å². The summed E-state index contributed by atoms with van der Waals surface area (Å²) < 4.78 is 42.5. The monoisotopic (exact) mass is 337 g/mol. The van der Waals surface area contributed by atoms with Gasteiger partial charge in [0.15, 0.2) is 11.6 Å². The van der Waals surface area contributed by atoms with E-state index in [1.54, 1.807) is 18.2 Å². The van der Waals surface area contributed by atoms with Gasteiger partial charge >= 0.3 is 0 Å². The number of nitrogen functional groups attached to an aromatic ring is 1. The highest BCUT2D eigenvalue weighted by Gasteiger charge is 2.05. The van der Waals surface area contributed by atoms with E-state index >= 15 is 0 Å². The van der Waals surface area contributed by atoms with Gasteiger partial charge in [0, 0.05) is 12.1 Å². The highest BCUT2D eigenvalue weighted by atomic mass is 19.1. The number of anilines is 1. The Kier molecular flexibility index (Phi) is 6.66. The molecule has 0 saturated carbocycles. The summed E-state index contributed by atoms with van der Waals surface area (Å²) in [5.41, 5.74) is 6.41. The van der Waals surface area contributed by atoms with E-state index < -0.39 is 11.6 Å². The average molecular weight is 337 g/mol. The van der Waals surface area contributed by atoms with E-state index in [4.69, 9.17) is 19.9 Å². The highest BCUT2D eigenvalue weighted by Crippen LogP contribution is 2.26. The van der Waals surface area contributed by atoms with Crippen molar-refractivity contribution in [3.63, 3.8) is 0 Å². The summed E-state index contributed by atoms with van der Waals surface area (Å²) in [6, 6.07) is 8.41. The molecule has 2 rings (SSSR count). The smallest absolute Gasteiger partial charge is 0.165 e. The Balaban J connectivity index is 1.69. The Hall–Kier alpha value is -2.50. The number of hydrogen-bond acceptors (Lipinski definition) is 4. The standard InChI is InChI=1S/C18H21F2NO3/c1-2-22-14-6-8-17(16(21)12-14)23-9-3-4-10-24-18-11-13(19)5-7-15(18)20/h5-8,11-12H,2-4,9-10,21H2,1H3. The van der Waals surface area contributed by atoms with Crippen molar-refractivity contribution in [1.29, 1.82) is 0 Å². The molecule has 0 unspecified atom stereocenters. The topological polar surface area (TPSA) is 53.7 Å². The summed E-state index contributed by atoms with van der Waals surface area (Å²) in [6.45, 7) is 3.21. The van der Waals surface area contributed by atoms with Crippen molar-refractivity contribution in [2.75, 3.05) is 25.6 Å². The third-order valence-electron chi connectivity index (χ3n) is 3.24. The van der Waals surface area contributed by atoms with E-state index in [0.29, 0.717) is 43.2 Å². The molecular weight excluding hydrogens is 316 g/mol. The maximum atomic E-state index is 13.4. The number of unbranched alkanes of at least 4 members (excludes halogenated alkanes) is 1. The van der Waals surface area contributed by atoms with Crippen LogP contribution in [0.5, 0.6) is 17.2 Å². The molecule has 0 bridgehead atoms. The Bertz CT molecular complexity index is 665. The fourth-order valence-corrected chi connectivity index (χ4v) is 2.07. The first kappa shape index (κ1) is 17.8. The summed E-state index contributed by atoms with van der Waals surface area (Å²) in [5, 5.41) is 0. The molecule has 6 heteroatoms. The van der Waals surface area contributed by atoms with E-state index in [1.165, 1.54) is 0 Å². The average Bonchev–Trinajstić information content (AvgIpc) is 2.56. The second kappa shape index (κ2) is 8.96. The van der Waals surface area contributed by atoms with Crippen LogP contribution in [0.4, 0.5) is 14.5 Å². The molecule has 0 amide bonds. The maximum absolute atomic E-state index is 13.4. The number of benzene rings is 2.